The molecule has 0 aromatic rings. The molecule has 1 fully saturated rings. The maximum Gasteiger partial charge on any atom is 0.239 e. The minimum atomic E-state index is -0.589. The van der Waals surface area contributed by atoms with Crippen LogP contribution in [-0.2, 0) is 9.59 Å². The van der Waals surface area contributed by atoms with Crippen LogP contribution in [0.4, 0.5) is 0 Å². The zero-order valence-electron chi connectivity index (χ0n) is 13.2. The van der Waals surface area contributed by atoms with Crippen LogP contribution in [0.25, 0.3) is 0 Å². The lowest BCUT2D eigenvalue weighted by Gasteiger charge is -2.28. The van der Waals surface area contributed by atoms with Gasteiger partial charge in [-0.15, -0.1) is 0 Å². The van der Waals surface area contributed by atoms with Crippen LogP contribution in [0.15, 0.2) is 0 Å². The number of nitrogens with two attached hydrogens (primary N) is 1. The summed E-state index contributed by atoms with van der Waals surface area (Å²) < 4.78 is 0. The molecule has 1 atom stereocenters. The second-order valence-electron chi connectivity index (χ2n) is 6.45. The lowest BCUT2D eigenvalue weighted by Crippen LogP contribution is -2.48. The van der Waals surface area contributed by atoms with Gasteiger partial charge >= 0.3 is 0 Å². The molecule has 2 amide bonds. The Morgan fingerprint density at radius 3 is 2.38 bits per heavy atom. The monoisotopic (exact) mass is 299 g/mol. The first-order chi connectivity index (χ1) is 9.90. The van der Waals surface area contributed by atoms with Gasteiger partial charge in [0.05, 0.1) is 12.6 Å². The van der Waals surface area contributed by atoms with E-state index >= 15 is 0 Å². The third-order valence-corrected chi connectivity index (χ3v) is 4.41. The van der Waals surface area contributed by atoms with Gasteiger partial charge in [0, 0.05) is 13.2 Å². The van der Waals surface area contributed by atoms with Gasteiger partial charge in [-0.1, -0.05) is 26.7 Å². The smallest absolute Gasteiger partial charge is 0.239 e. The predicted molar refractivity (Wildman–Crippen MR) is 81.4 cm³/mol. The van der Waals surface area contributed by atoms with Crippen LogP contribution in [0.1, 0.15) is 46.0 Å². The van der Waals surface area contributed by atoms with Crippen LogP contribution >= 0.6 is 0 Å². The second-order valence-corrected chi connectivity index (χ2v) is 6.45. The van der Waals surface area contributed by atoms with Gasteiger partial charge in [-0.25, -0.2) is 0 Å². The second kappa shape index (κ2) is 8.34. The first-order valence-electron chi connectivity index (χ1n) is 7.81. The highest BCUT2D eigenvalue weighted by Crippen LogP contribution is 2.40. The molecule has 0 radical (unpaired) electrons. The molecule has 1 rings (SSSR count). The topological polar surface area (TPSA) is 104 Å². The molecule has 6 nitrogen and oxygen atoms in total. The van der Waals surface area contributed by atoms with Crippen molar-refractivity contribution in [3.63, 3.8) is 0 Å². The highest BCUT2D eigenvalue weighted by Gasteiger charge is 2.33. The quantitative estimate of drug-likeness (QED) is 0.512. The van der Waals surface area contributed by atoms with Gasteiger partial charge in [0.25, 0.3) is 0 Å². The van der Waals surface area contributed by atoms with E-state index in [1.54, 1.807) is 0 Å². The number of hydrogen-bond donors (Lipinski definition) is 4. The maximum atomic E-state index is 11.8. The highest BCUT2D eigenvalue weighted by atomic mass is 16.3. The zero-order valence-corrected chi connectivity index (χ0v) is 13.2. The fraction of sp³-hybridized carbons (Fsp3) is 0.867. The normalized spacial score (nSPS) is 18.5. The molecule has 0 aromatic heterocycles. The molecular weight excluding hydrogens is 270 g/mol. The van der Waals surface area contributed by atoms with E-state index in [9.17, 15) is 9.59 Å². The summed E-state index contributed by atoms with van der Waals surface area (Å²) in [4.78, 5) is 23.5. The van der Waals surface area contributed by atoms with E-state index < -0.39 is 6.04 Å². The lowest BCUT2D eigenvalue weighted by molar-refractivity contribution is -0.127. The van der Waals surface area contributed by atoms with Crippen molar-refractivity contribution in [3.05, 3.63) is 0 Å². The van der Waals surface area contributed by atoms with Gasteiger partial charge < -0.3 is 21.5 Å². The third kappa shape index (κ3) is 5.63. The number of aliphatic hydroxyl groups is 1. The SMILES string of the molecule is CC(C)[C@H](N)C(=O)NCC(=O)NCC1(CCO)CCCC1. The van der Waals surface area contributed by atoms with Crippen molar-refractivity contribution >= 4 is 11.8 Å². The van der Waals surface area contributed by atoms with E-state index in [0.29, 0.717) is 6.54 Å². The van der Waals surface area contributed by atoms with Crippen molar-refractivity contribution in [3.8, 4) is 0 Å². The first kappa shape index (κ1) is 17.9. The first-order valence-corrected chi connectivity index (χ1v) is 7.81. The summed E-state index contributed by atoms with van der Waals surface area (Å²) >= 11 is 0. The summed E-state index contributed by atoms with van der Waals surface area (Å²) in [5.74, 6) is -0.464. The largest absolute Gasteiger partial charge is 0.396 e. The Morgan fingerprint density at radius 1 is 1.24 bits per heavy atom. The average Bonchev–Trinajstić information content (AvgIpc) is 2.91. The molecule has 21 heavy (non-hydrogen) atoms. The number of carbonyl (C=O) groups is 2. The Kier molecular flexibility index (Phi) is 7.11. The molecular formula is C15H29N3O3. The van der Waals surface area contributed by atoms with E-state index in [1.807, 2.05) is 13.8 Å². The van der Waals surface area contributed by atoms with Gasteiger partial charge in [0.2, 0.25) is 11.8 Å². The summed E-state index contributed by atoms with van der Waals surface area (Å²) in [5.41, 5.74) is 5.74. The maximum absolute atomic E-state index is 11.8. The minimum Gasteiger partial charge on any atom is -0.396 e. The third-order valence-electron chi connectivity index (χ3n) is 4.41. The lowest BCUT2D eigenvalue weighted by atomic mass is 9.83. The summed E-state index contributed by atoms with van der Waals surface area (Å²) in [6.07, 6.45) is 5.10. The molecule has 5 N–H and O–H groups in total. The number of amides is 2. The van der Waals surface area contributed by atoms with E-state index in [0.717, 1.165) is 32.1 Å². The number of nitrogens with one attached hydrogen (secondary N) is 2. The molecule has 1 aliphatic carbocycles. The predicted octanol–water partition coefficient (Wildman–Crippen LogP) is 0.145. The molecule has 0 aliphatic heterocycles. The summed E-state index contributed by atoms with van der Waals surface area (Å²) in [6.45, 7) is 4.40. The van der Waals surface area contributed by atoms with Crippen LogP contribution in [-0.4, -0.2) is 42.7 Å². The van der Waals surface area contributed by atoms with Crippen molar-refractivity contribution in [1.29, 1.82) is 0 Å². The standard InChI is InChI=1S/C15H29N3O3/c1-11(2)13(16)14(21)17-9-12(20)18-10-15(7-8-19)5-3-4-6-15/h11,13,19H,3-10,16H2,1-2H3,(H,17,21)(H,18,20)/t13-/m0/s1. The van der Waals surface area contributed by atoms with E-state index in [1.165, 1.54) is 0 Å². The van der Waals surface area contributed by atoms with Gasteiger partial charge in [-0.3, -0.25) is 9.59 Å². The molecule has 1 saturated carbocycles. The Hall–Kier alpha value is -1.14. The van der Waals surface area contributed by atoms with Crippen LogP contribution in [0.5, 0.6) is 0 Å². The Morgan fingerprint density at radius 2 is 1.86 bits per heavy atom. The number of carbonyl (C=O) groups excluding carboxylic acids is 2. The van der Waals surface area contributed by atoms with Crippen molar-refractivity contribution in [2.75, 3.05) is 19.7 Å². The fourth-order valence-electron chi connectivity index (χ4n) is 2.81. The number of rotatable bonds is 8. The molecule has 0 aromatic carbocycles. The molecule has 1 aliphatic rings. The molecule has 0 spiro atoms. The molecule has 0 unspecified atom stereocenters. The molecule has 6 heteroatoms. The number of aliphatic hydroxyl groups excluding tert-OH is 1. The van der Waals surface area contributed by atoms with E-state index in [-0.39, 0.29) is 36.3 Å². The average molecular weight is 299 g/mol. The molecule has 122 valence electrons. The highest BCUT2D eigenvalue weighted by molar-refractivity contribution is 5.87. The number of hydrogen-bond acceptors (Lipinski definition) is 4. The molecule has 0 bridgehead atoms. The van der Waals surface area contributed by atoms with Gasteiger partial charge in [-0.05, 0) is 30.6 Å². The van der Waals surface area contributed by atoms with Crippen LogP contribution in [0.3, 0.4) is 0 Å². The van der Waals surface area contributed by atoms with Gasteiger partial charge in [0.15, 0.2) is 0 Å². The van der Waals surface area contributed by atoms with E-state index in [4.69, 9.17) is 10.8 Å². The Labute approximate surface area is 126 Å². The van der Waals surface area contributed by atoms with E-state index in [2.05, 4.69) is 10.6 Å². The summed E-state index contributed by atoms with van der Waals surface area (Å²) in [6, 6.07) is -0.589. The van der Waals surface area contributed by atoms with Crippen LogP contribution in [0, 0.1) is 11.3 Å². The zero-order chi connectivity index (χ0) is 15.9. The summed E-state index contributed by atoms with van der Waals surface area (Å²) in [5, 5.41) is 14.6. The minimum absolute atomic E-state index is 0.0305. The van der Waals surface area contributed by atoms with Crippen molar-refractivity contribution in [2.45, 2.75) is 52.0 Å². The Bertz CT molecular complexity index is 352. The van der Waals surface area contributed by atoms with Crippen LogP contribution < -0.4 is 16.4 Å². The van der Waals surface area contributed by atoms with Gasteiger partial charge in [-0.2, -0.15) is 0 Å². The van der Waals surface area contributed by atoms with Crippen molar-refractivity contribution < 1.29 is 14.7 Å². The van der Waals surface area contributed by atoms with Crippen LogP contribution in [0.2, 0.25) is 0 Å². The van der Waals surface area contributed by atoms with Crippen molar-refractivity contribution in [1.82, 2.24) is 10.6 Å². The Balaban J connectivity index is 2.32. The molecule has 0 saturated heterocycles. The fourth-order valence-corrected chi connectivity index (χ4v) is 2.81. The van der Waals surface area contributed by atoms with Gasteiger partial charge in [0.1, 0.15) is 0 Å². The van der Waals surface area contributed by atoms with Crippen molar-refractivity contribution in [2.24, 2.45) is 17.1 Å². The molecule has 0 heterocycles. The summed E-state index contributed by atoms with van der Waals surface area (Å²) in [7, 11) is 0.